The van der Waals surface area contributed by atoms with Gasteiger partial charge in [-0.3, -0.25) is 9.59 Å². The lowest BCUT2D eigenvalue weighted by Crippen LogP contribution is -2.32. The van der Waals surface area contributed by atoms with E-state index >= 15 is 0 Å². The minimum atomic E-state index is -0.810. The summed E-state index contributed by atoms with van der Waals surface area (Å²) in [5.74, 6) is 1.05. The summed E-state index contributed by atoms with van der Waals surface area (Å²) in [6, 6.07) is 19.0. The third-order valence-corrected chi connectivity index (χ3v) is 5.49. The number of carbonyl (C=O) groups is 1. The Morgan fingerprint density at radius 3 is 2.51 bits per heavy atom. The summed E-state index contributed by atoms with van der Waals surface area (Å²) < 4.78 is 21.8. The van der Waals surface area contributed by atoms with Crippen LogP contribution in [0.15, 0.2) is 82.2 Å². The van der Waals surface area contributed by atoms with Crippen molar-refractivity contribution in [1.29, 1.82) is 0 Å². The van der Waals surface area contributed by atoms with Crippen LogP contribution in [0.25, 0.3) is 22.1 Å². The van der Waals surface area contributed by atoms with E-state index in [0.29, 0.717) is 44.9 Å². The van der Waals surface area contributed by atoms with Gasteiger partial charge in [0.2, 0.25) is 0 Å². The van der Waals surface area contributed by atoms with E-state index in [2.05, 4.69) is 5.32 Å². The molecule has 3 aromatic carbocycles. The molecule has 180 valence electrons. The zero-order valence-corrected chi connectivity index (χ0v) is 19.3. The topological polar surface area (TPSA) is 107 Å². The average molecular weight is 475 g/mol. The minimum absolute atomic E-state index is 0.0672. The van der Waals surface area contributed by atoms with Crippen molar-refractivity contribution in [3.05, 3.63) is 88.8 Å². The number of aliphatic hydroxyl groups excluding tert-OH is 1. The number of carbonyl (C=O) groups excluding carboxylic acids is 1. The van der Waals surface area contributed by atoms with Gasteiger partial charge in [0.15, 0.2) is 23.5 Å². The molecule has 0 radical (unpaired) electrons. The van der Waals surface area contributed by atoms with Gasteiger partial charge in [-0.25, -0.2) is 0 Å². The third kappa shape index (κ3) is 5.44. The zero-order valence-electron chi connectivity index (χ0n) is 19.3. The molecule has 8 nitrogen and oxygen atoms in total. The van der Waals surface area contributed by atoms with Crippen molar-refractivity contribution in [2.24, 2.45) is 0 Å². The van der Waals surface area contributed by atoms with Crippen LogP contribution in [0.3, 0.4) is 0 Å². The second-order valence-corrected chi connectivity index (χ2v) is 7.73. The number of amides is 1. The second-order valence-electron chi connectivity index (χ2n) is 7.73. The van der Waals surface area contributed by atoms with E-state index in [0.717, 1.165) is 0 Å². The van der Waals surface area contributed by atoms with Crippen molar-refractivity contribution in [2.75, 3.05) is 27.4 Å². The first-order valence-electron chi connectivity index (χ1n) is 10.9. The average Bonchev–Trinajstić information content (AvgIpc) is 2.90. The lowest BCUT2D eigenvalue weighted by atomic mass is 10.0. The normalized spacial score (nSPS) is 11.6. The van der Waals surface area contributed by atoms with Crippen molar-refractivity contribution in [3.8, 4) is 28.4 Å². The van der Waals surface area contributed by atoms with Crippen molar-refractivity contribution in [2.45, 2.75) is 6.10 Å². The molecule has 0 fully saturated rings. The highest BCUT2D eigenvalue weighted by Crippen LogP contribution is 2.32. The van der Waals surface area contributed by atoms with E-state index in [1.54, 1.807) is 55.6 Å². The predicted molar refractivity (Wildman–Crippen MR) is 131 cm³/mol. The van der Waals surface area contributed by atoms with Crippen LogP contribution in [0, 0.1) is 0 Å². The fraction of sp³-hybridized carbons (Fsp3) is 0.185. The lowest BCUT2D eigenvalue weighted by molar-refractivity contribution is -0.123. The number of ether oxygens (including phenoxy) is 3. The first kappa shape index (κ1) is 23.8. The van der Waals surface area contributed by atoms with E-state index < -0.39 is 6.10 Å². The number of benzene rings is 3. The van der Waals surface area contributed by atoms with Gasteiger partial charge >= 0.3 is 0 Å². The highest BCUT2D eigenvalue weighted by molar-refractivity contribution is 5.83. The van der Waals surface area contributed by atoms with Crippen LogP contribution in [0.2, 0.25) is 0 Å². The molecule has 1 amide bonds. The molecular weight excluding hydrogens is 450 g/mol. The molecule has 0 saturated heterocycles. The van der Waals surface area contributed by atoms with Gasteiger partial charge < -0.3 is 29.1 Å². The van der Waals surface area contributed by atoms with Crippen LogP contribution < -0.4 is 25.0 Å². The summed E-state index contributed by atoms with van der Waals surface area (Å²) in [6.07, 6.45) is 0.572. The molecule has 1 atom stereocenters. The van der Waals surface area contributed by atoms with E-state index in [1.807, 2.05) is 18.2 Å². The summed E-state index contributed by atoms with van der Waals surface area (Å²) >= 11 is 0. The molecule has 0 spiro atoms. The summed E-state index contributed by atoms with van der Waals surface area (Å²) in [4.78, 5) is 25.2. The van der Waals surface area contributed by atoms with Crippen LogP contribution in [-0.2, 0) is 4.79 Å². The van der Waals surface area contributed by atoms with Gasteiger partial charge in [-0.05, 0) is 35.4 Å². The van der Waals surface area contributed by atoms with E-state index in [1.165, 1.54) is 13.4 Å². The van der Waals surface area contributed by atoms with Gasteiger partial charge in [-0.1, -0.05) is 36.4 Å². The second kappa shape index (κ2) is 10.8. The summed E-state index contributed by atoms with van der Waals surface area (Å²) in [5.41, 5.74) is 1.84. The van der Waals surface area contributed by atoms with Crippen LogP contribution in [0.1, 0.15) is 11.7 Å². The Morgan fingerprint density at radius 2 is 1.77 bits per heavy atom. The number of methoxy groups -OCH3 is 2. The number of aliphatic hydroxyl groups is 1. The Labute approximate surface area is 201 Å². The Morgan fingerprint density at radius 1 is 1.00 bits per heavy atom. The first-order valence-corrected chi connectivity index (χ1v) is 10.9. The molecule has 0 aliphatic heterocycles. The smallest absolute Gasteiger partial charge is 0.258 e. The first-order chi connectivity index (χ1) is 17.0. The van der Waals surface area contributed by atoms with Gasteiger partial charge in [0.25, 0.3) is 5.91 Å². The van der Waals surface area contributed by atoms with Crippen molar-refractivity contribution >= 4 is 16.9 Å². The van der Waals surface area contributed by atoms with Crippen molar-refractivity contribution < 1.29 is 28.5 Å². The van der Waals surface area contributed by atoms with Gasteiger partial charge in [-0.15, -0.1) is 0 Å². The van der Waals surface area contributed by atoms with E-state index in [9.17, 15) is 14.7 Å². The minimum Gasteiger partial charge on any atom is -0.493 e. The largest absolute Gasteiger partial charge is 0.493 e. The fourth-order valence-electron chi connectivity index (χ4n) is 3.60. The molecular formula is C27H25NO7. The number of fused-ring (bicyclic) bond motifs is 1. The highest BCUT2D eigenvalue weighted by atomic mass is 16.5. The highest BCUT2D eigenvalue weighted by Gasteiger charge is 2.14. The zero-order chi connectivity index (χ0) is 24.8. The molecule has 0 unspecified atom stereocenters. The molecule has 8 heteroatoms. The summed E-state index contributed by atoms with van der Waals surface area (Å²) in [5, 5.41) is 13.2. The maximum absolute atomic E-state index is 13.1. The quantitative estimate of drug-likeness (QED) is 0.380. The van der Waals surface area contributed by atoms with Crippen LogP contribution in [0.5, 0.6) is 17.2 Å². The van der Waals surface area contributed by atoms with Crippen molar-refractivity contribution in [1.82, 2.24) is 5.32 Å². The van der Waals surface area contributed by atoms with Gasteiger partial charge in [-0.2, -0.15) is 0 Å². The Kier molecular flexibility index (Phi) is 7.32. The summed E-state index contributed by atoms with van der Waals surface area (Å²) in [7, 11) is 3.07. The molecule has 35 heavy (non-hydrogen) atoms. The maximum atomic E-state index is 13.1. The number of nitrogens with one attached hydrogen (secondary N) is 1. The van der Waals surface area contributed by atoms with Crippen LogP contribution >= 0.6 is 0 Å². The van der Waals surface area contributed by atoms with Gasteiger partial charge in [0.05, 0.1) is 31.3 Å². The SMILES string of the molecule is COc1ccc(-c2coc3cc(OCC(=O)NC[C@@H](O)c4ccccc4)ccc3c2=O)cc1OC. The fourth-order valence-corrected chi connectivity index (χ4v) is 3.60. The molecule has 4 aromatic rings. The maximum Gasteiger partial charge on any atom is 0.258 e. The Balaban J connectivity index is 1.43. The molecule has 4 rings (SSSR count). The molecule has 1 aromatic heterocycles. The van der Waals surface area contributed by atoms with Crippen LogP contribution in [-0.4, -0.2) is 38.4 Å². The van der Waals surface area contributed by atoms with Crippen LogP contribution in [0.4, 0.5) is 0 Å². The summed E-state index contributed by atoms with van der Waals surface area (Å²) in [6.45, 7) is -0.182. The third-order valence-electron chi connectivity index (χ3n) is 5.49. The van der Waals surface area contributed by atoms with Gasteiger partial charge in [0, 0.05) is 12.6 Å². The molecule has 0 aliphatic carbocycles. The lowest BCUT2D eigenvalue weighted by Gasteiger charge is -2.13. The molecule has 0 saturated carbocycles. The molecule has 0 aliphatic rings. The standard InChI is InChI=1S/C27H25NO7/c1-32-23-11-8-18(12-25(23)33-2)21-15-35-24-13-19(9-10-20(24)27(21)31)34-16-26(30)28-14-22(29)17-6-4-3-5-7-17/h3-13,15,22,29H,14,16H2,1-2H3,(H,28,30)/t22-/m1/s1. The molecule has 0 bridgehead atoms. The predicted octanol–water partition coefficient (Wildman–Crippen LogP) is 3.71. The van der Waals surface area contributed by atoms with E-state index in [-0.39, 0.29) is 24.5 Å². The Bertz CT molecular complexity index is 1380. The van der Waals surface area contributed by atoms with E-state index in [4.69, 9.17) is 18.6 Å². The number of hydrogen-bond acceptors (Lipinski definition) is 7. The molecule has 1 heterocycles. The number of hydrogen-bond donors (Lipinski definition) is 2. The number of rotatable bonds is 9. The van der Waals surface area contributed by atoms with Crippen molar-refractivity contribution in [3.63, 3.8) is 0 Å². The molecule has 2 N–H and O–H groups in total. The monoisotopic (exact) mass is 475 g/mol. The van der Waals surface area contributed by atoms with Gasteiger partial charge in [0.1, 0.15) is 17.6 Å². The Hall–Kier alpha value is -4.30.